The summed E-state index contributed by atoms with van der Waals surface area (Å²) in [5, 5.41) is 11.8. The number of nitrogens with one attached hydrogen (secondary N) is 1. The highest BCUT2D eigenvalue weighted by Gasteiger charge is 2.15. The van der Waals surface area contributed by atoms with Gasteiger partial charge in [0, 0.05) is 9.35 Å². The van der Waals surface area contributed by atoms with Crippen molar-refractivity contribution in [2.24, 2.45) is 0 Å². The van der Waals surface area contributed by atoms with E-state index in [9.17, 15) is 9.59 Å². The topological polar surface area (TPSA) is 66.4 Å². The third kappa shape index (κ3) is 3.08. The predicted octanol–water partition coefficient (Wildman–Crippen LogP) is 4.08. The number of aromatic carboxylic acids is 1. The molecule has 104 valence electrons. The summed E-state index contributed by atoms with van der Waals surface area (Å²) >= 11 is 4.61. The molecule has 1 amide bonds. The minimum absolute atomic E-state index is 0.0534. The first-order valence-corrected chi connectivity index (χ1v) is 7.40. The Balaban J connectivity index is 2.30. The first-order valence-electron chi connectivity index (χ1n) is 5.79. The van der Waals surface area contributed by atoms with Gasteiger partial charge in [-0.3, -0.25) is 4.79 Å². The number of hydrogen-bond acceptors (Lipinski definition) is 3. The lowest BCUT2D eigenvalue weighted by atomic mass is 10.2. The van der Waals surface area contributed by atoms with Crippen LogP contribution in [0, 0.1) is 13.8 Å². The fourth-order valence-corrected chi connectivity index (χ4v) is 2.96. The summed E-state index contributed by atoms with van der Waals surface area (Å²) in [7, 11) is 0. The van der Waals surface area contributed by atoms with E-state index < -0.39 is 5.97 Å². The molecular formula is C14H12BrNO3S. The summed E-state index contributed by atoms with van der Waals surface area (Å²) in [6, 6.07) is 6.52. The van der Waals surface area contributed by atoms with E-state index in [4.69, 9.17) is 5.11 Å². The molecule has 0 aliphatic heterocycles. The third-order valence-corrected chi connectivity index (χ3v) is 4.49. The molecule has 6 heteroatoms. The lowest BCUT2D eigenvalue weighted by molar-refractivity contribution is 0.0698. The van der Waals surface area contributed by atoms with Gasteiger partial charge in [0.25, 0.3) is 5.91 Å². The zero-order valence-corrected chi connectivity index (χ0v) is 13.3. The predicted molar refractivity (Wildman–Crippen MR) is 82.8 cm³/mol. The van der Waals surface area contributed by atoms with E-state index >= 15 is 0 Å². The summed E-state index contributed by atoms with van der Waals surface area (Å²) in [6.45, 7) is 3.88. The molecule has 0 unspecified atom stereocenters. The second-order valence-corrected chi connectivity index (χ2v) is 6.47. The van der Waals surface area contributed by atoms with Gasteiger partial charge in [0.2, 0.25) is 0 Å². The highest BCUT2D eigenvalue weighted by atomic mass is 79.9. The van der Waals surface area contributed by atoms with Crippen molar-refractivity contribution in [1.82, 2.24) is 0 Å². The molecule has 4 nitrogen and oxygen atoms in total. The van der Waals surface area contributed by atoms with Crippen LogP contribution >= 0.6 is 27.3 Å². The third-order valence-electron chi connectivity index (χ3n) is 2.85. The summed E-state index contributed by atoms with van der Waals surface area (Å²) in [5.41, 5.74) is 1.39. The van der Waals surface area contributed by atoms with Crippen LogP contribution in [-0.4, -0.2) is 17.0 Å². The van der Waals surface area contributed by atoms with Gasteiger partial charge in [-0.25, -0.2) is 4.79 Å². The van der Waals surface area contributed by atoms with Crippen molar-refractivity contribution < 1.29 is 14.7 Å². The molecule has 0 aliphatic carbocycles. The fraction of sp³-hybridized carbons (Fsp3) is 0.143. The largest absolute Gasteiger partial charge is 0.478 e. The molecule has 1 aromatic heterocycles. The molecule has 2 N–H and O–H groups in total. The molecule has 0 aliphatic rings. The first-order chi connectivity index (χ1) is 9.38. The van der Waals surface area contributed by atoms with Crippen LogP contribution in [0.1, 0.15) is 30.5 Å². The molecule has 1 aromatic carbocycles. The zero-order valence-electron chi connectivity index (χ0n) is 10.9. The smallest absolute Gasteiger partial charge is 0.337 e. The molecule has 0 spiro atoms. The van der Waals surface area contributed by atoms with Crippen molar-refractivity contribution in [1.29, 1.82) is 0 Å². The molecule has 20 heavy (non-hydrogen) atoms. The van der Waals surface area contributed by atoms with Crippen LogP contribution < -0.4 is 5.32 Å². The Labute approximate surface area is 128 Å². The van der Waals surface area contributed by atoms with E-state index in [1.165, 1.54) is 17.4 Å². The van der Waals surface area contributed by atoms with Crippen LogP contribution in [0.15, 0.2) is 28.7 Å². The van der Waals surface area contributed by atoms with Gasteiger partial charge in [-0.15, -0.1) is 11.3 Å². The van der Waals surface area contributed by atoms with Crippen LogP contribution in [0.25, 0.3) is 0 Å². The number of carbonyl (C=O) groups is 2. The average Bonchev–Trinajstić information content (AvgIpc) is 2.71. The summed E-state index contributed by atoms with van der Waals surface area (Å²) in [5.74, 6) is -1.38. The van der Waals surface area contributed by atoms with Crippen LogP contribution in [0.3, 0.4) is 0 Å². The SMILES string of the molecule is Cc1cc(C(=O)Nc2ccc(Br)cc2C(=O)O)sc1C. The number of amides is 1. The fourth-order valence-electron chi connectivity index (χ4n) is 1.67. The van der Waals surface area contributed by atoms with Crippen LogP contribution in [0.2, 0.25) is 0 Å². The Morgan fingerprint density at radius 1 is 1.25 bits per heavy atom. The quantitative estimate of drug-likeness (QED) is 0.873. The van der Waals surface area contributed by atoms with Gasteiger partial charge >= 0.3 is 5.97 Å². The van der Waals surface area contributed by atoms with Crippen molar-refractivity contribution >= 4 is 44.8 Å². The maximum Gasteiger partial charge on any atom is 0.337 e. The minimum Gasteiger partial charge on any atom is -0.478 e. The number of hydrogen-bond donors (Lipinski definition) is 2. The van der Waals surface area contributed by atoms with Gasteiger partial charge < -0.3 is 10.4 Å². The van der Waals surface area contributed by atoms with E-state index in [1.807, 2.05) is 13.8 Å². The second-order valence-electron chi connectivity index (χ2n) is 4.30. The number of thiophene rings is 1. The Bertz CT molecular complexity index is 674. The van der Waals surface area contributed by atoms with E-state index in [2.05, 4.69) is 21.2 Å². The number of carbonyl (C=O) groups excluding carboxylic acids is 1. The van der Waals surface area contributed by atoms with Crippen LogP contribution in [0.5, 0.6) is 0 Å². The van der Waals surface area contributed by atoms with Crippen molar-refractivity contribution in [2.45, 2.75) is 13.8 Å². The van der Waals surface area contributed by atoms with Gasteiger partial charge in [0.05, 0.1) is 16.1 Å². The number of anilines is 1. The number of aryl methyl sites for hydroxylation is 2. The number of carboxylic acid groups (broad SMARTS) is 1. The number of carboxylic acids is 1. The summed E-state index contributed by atoms with van der Waals surface area (Å²) in [6.07, 6.45) is 0. The molecule has 2 rings (SSSR count). The Morgan fingerprint density at radius 2 is 1.95 bits per heavy atom. The summed E-state index contributed by atoms with van der Waals surface area (Å²) < 4.78 is 0.649. The van der Waals surface area contributed by atoms with E-state index in [0.29, 0.717) is 9.35 Å². The maximum atomic E-state index is 12.1. The van der Waals surface area contributed by atoms with Gasteiger partial charge in [-0.05, 0) is 43.7 Å². The lowest BCUT2D eigenvalue weighted by Crippen LogP contribution is -2.13. The number of rotatable bonds is 3. The van der Waals surface area contributed by atoms with Gasteiger partial charge in [-0.2, -0.15) is 0 Å². The summed E-state index contributed by atoms with van der Waals surface area (Å²) in [4.78, 5) is 25.0. The first kappa shape index (κ1) is 14.7. The highest BCUT2D eigenvalue weighted by Crippen LogP contribution is 2.24. The van der Waals surface area contributed by atoms with Crippen molar-refractivity contribution in [2.75, 3.05) is 5.32 Å². The average molecular weight is 354 g/mol. The maximum absolute atomic E-state index is 12.1. The van der Waals surface area contributed by atoms with E-state index in [-0.39, 0.29) is 17.2 Å². The van der Waals surface area contributed by atoms with Crippen molar-refractivity contribution in [3.8, 4) is 0 Å². The molecule has 2 aromatic rings. The Hall–Kier alpha value is -1.66. The Morgan fingerprint density at radius 3 is 2.50 bits per heavy atom. The van der Waals surface area contributed by atoms with Crippen molar-refractivity contribution in [3.63, 3.8) is 0 Å². The number of benzene rings is 1. The molecule has 0 saturated carbocycles. The Kier molecular flexibility index (Phi) is 4.25. The highest BCUT2D eigenvalue weighted by molar-refractivity contribution is 9.10. The molecular weight excluding hydrogens is 342 g/mol. The molecule has 0 radical (unpaired) electrons. The minimum atomic E-state index is -1.08. The standard InChI is InChI=1S/C14H12BrNO3S/c1-7-5-12(20-8(7)2)13(17)16-11-4-3-9(15)6-10(11)14(18)19/h3-6H,1-2H3,(H,16,17)(H,18,19). The van der Waals surface area contributed by atoms with Gasteiger partial charge in [0.15, 0.2) is 0 Å². The van der Waals surface area contributed by atoms with Gasteiger partial charge in [0.1, 0.15) is 0 Å². The zero-order chi connectivity index (χ0) is 14.9. The lowest BCUT2D eigenvalue weighted by Gasteiger charge is -2.07. The normalized spacial score (nSPS) is 10.3. The molecule has 0 bridgehead atoms. The van der Waals surface area contributed by atoms with E-state index in [1.54, 1.807) is 18.2 Å². The van der Waals surface area contributed by atoms with Gasteiger partial charge in [-0.1, -0.05) is 15.9 Å². The monoisotopic (exact) mass is 353 g/mol. The van der Waals surface area contributed by atoms with Crippen LogP contribution in [0.4, 0.5) is 5.69 Å². The van der Waals surface area contributed by atoms with E-state index in [0.717, 1.165) is 10.4 Å². The molecule has 1 heterocycles. The van der Waals surface area contributed by atoms with Crippen LogP contribution in [-0.2, 0) is 0 Å². The number of halogens is 1. The van der Waals surface area contributed by atoms with Crippen molar-refractivity contribution in [3.05, 3.63) is 49.6 Å². The second kappa shape index (κ2) is 5.76. The molecule has 0 fully saturated rings. The molecule has 0 saturated heterocycles. The molecule has 0 atom stereocenters.